The largest absolute Gasteiger partial charge is 0.347 e. The molecule has 0 spiro atoms. The summed E-state index contributed by atoms with van der Waals surface area (Å²) in [5.74, 6) is -1.48. The van der Waals surface area contributed by atoms with Crippen LogP contribution in [0.15, 0.2) is 34.1 Å². The molecule has 5 nitrogen and oxygen atoms in total. The molecule has 0 bridgehead atoms. The number of carbonyl (C=O) groups is 1. The van der Waals surface area contributed by atoms with Gasteiger partial charge in [-0.05, 0) is 34.1 Å². The minimum atomic E-state index is -0.791. The van der Waals surface area contributed by atoms with Crippen LogP contribution in [0.5, 0.6) is 0 Å². The number of carbonyl (C=O) groups excluding carboxylic acids is 1. The van der Waals surface area contributed by atoms with Gasteiger partial charge in [-0.2, -0.15) is 0 Å². The summed E-state index contributed by atoms with van der Waals surface area (Å²) < 4.78 is 14.4. The second kappa shape index (κ2) is 6.10. The molecule has 104 valence electrons. The average Bonchev–Trinajstić information content (AvgIpc) is 2.82. The van der Waals surface area contributed by atoms with Crippen LogP contribution in [0, 0.1) is 15.9 Å². The van der Waals surface area contributed by atoms with Crippen molar-refractivity contribution in [3.05, 3.63) is 60.5 Å². The lowest BCUT2D eigenvalue weighted by Crippen LogP contribution is -2.23. The monoisotopic (exact) mass is 358 g/mol. The first-order valence-corrected chi connectivity index (χ1v) is 7.04. The number of thiophene rings is 1. The molecule has 1 aromatic heterocycles. The predicted octanol–water partition coefficient (Wildman–Crippen LogP) is 3.49. The minimum Gasteiger partial charge on any atom is -0.347 e. The number of hydrogen-bond donors (Lipinski definition) is 1. The second-order valence-corrected chi connectivity index (χ2v) is 6.36. The Labute approximate surface area is 125 Å². The van der Waals surface area contributed by atoms with Crippen LogP contribution in [-0.4, -0.2) is 10.8 Å². The normalized spacial score (nSPS) is 10.3. The molecular weight excluding hydrogens is 351 g/mol. The molecule has 0 saturated heterocycles. The van der Waals surface area contributed by atoms with Crippen molar-refractivity contribution in [3.63, 3.8) is 0 Å². The summed E-state index contributed by atoms with van der Waals surface area (Å²) in [4.78, 5) is 22.7. The van der Waals surface area contributed by atoms with Crippen molar-refractivity contribution < 1.29 is 14.1 Å². The van der Waals surface area contributed by atoms with Crippen LogP contribution < -0.4 is 5.32 Å². The molecule has 20 heavy (non-hydrogen) atoms. The van der Waals surface area contributed by atoms with E-state index in [2.05, 4.69) is 21.2 Å². The van der Waals surface area contributed by atoms with Crippen molar-refractivity contribution in [2.75, 3.05) is 0 Å². The van der Waals surface area contributed by atoms with Crippen LogP contribution in [0.25, 0.3) is 0 Å². The molecule has 2 aromatic rings. The zero-order valence-electron chi connectivity index (χ0n) is 9.93. The fourth-order valence-corrected chi connectivity index (χ4v) is 2.93. The maximum absolute atomic E-state index is 13.5. The van der Waals surface area contributed by atoms with E-state index in [1.54, 1.807) is 0 Å². The van der Waals surface area contributed by atoms with Crippen molar-refractivity contribution >= 4 is 38.9 Å². The van der Waals surface area contributed by atoms with Crippen LogP contribution >= 0.6 is 27.3 Å². The smallest absolute Gasteiger partial charge is 0.270 e. The first-order valence-electron chi connectivity index (χ1n) is 5.43. The Morgan fingerprint density at radius 2 is 2.15 bits per heavy atom. The standard InChI is InChI=1S/C12H8BrFN2O3S/c13-11-4-2-8(20-11)6-15-12(17)9-5-7(16(18)19)1-3-10(9)14/h1-5H,6H2,(H,15,17). The van der Waals surface area contributed by atoms with Crippen molar-refractivity contribution in [3.8, 4) is 0 Å². The van der Waals surface area contributed by atoms with E-state index in [1.807, 2.05) is 12.1 Å². The van der Waals surface area contributed by atoms with E-state index >= 15 is 0 Å². The number of benzene rings is 1. The summed E-state index contributed by atoms with van der Waals surface area (Å²) in [6.45, 7) is 0.233. The third kappa shape index (κ3) is 3.40. The van der Waals surface area contributed by atoms with Crippen molar-refractivity contribution in [2.45, 2.75) is 6.54 Å². The molecule has 0 unspecified atom stereocenters. The molecule has 0 atom stereocenters. The third-order valence-electron chi connectivity index (χ3n) is 2.46. The van der Waals surface area contributed by atoms with Crippen molar-refractivity contribution in [1.82, 2.24) is 5.32 Å². The number of halogens is 2. The van der Waals surface area contributed by atoms with Gasteiger partial charge in [0.05, 0.1) is 20.8 Å². The molecule has 0 aliphatic carbocycles. The molecule has 0 fully saturated rings. The molecule has 1 heterocycles. The highest BCUT2D eigenvalue weighted by atomic mass is 79.9. The van der Waals surface area contributed by atoms with Gasteiger partial charge < -0.3 is 5.32 Å². The van der Waals surface area contributed by atoms with Crippen molar-refractivity contribution in [1.29, 1.82) is 0 Å². The molecule has 8 heteroatoms. The SMILES string of the molecule is O=C(NCc1ccc(Br)s1)c1cc([N+](=O)[O-])ccc1F. The molecular formula is C12H8BrFN2O3S. The van der Waals surface area contributed by atoms with Gasteiger partial charge in [0, 0.05) is 17.0 Å². The number of nitro groups is 1. The molecule has 2 rings (SSSR count). The quantitative estimate of drug-likeness (QED) is 0.671. The lowest BCUT2D eigenvalue weighted by atomic mass is 10.1. The third-order valence-corrected chi connectivity index (χ3v) is 4.08. The minimum absolute atomic E-state index is 0.233. The van der Waals surface area contributed by atoms with Crippen LogP contribution in [0.1, 0.15) is 15.2 Å². The highest BCUT2D eigenvalue weighted by Gasteiger charge is 2.16. The Balaban J connectivity index is 2.12. The Hall–Kier alpha value is -1.80. The highest BCUT2D eigenvalue weighted by Crippen LogP contribution is 2.22. The average molecular weight is 359 g/mol. The number of nitro benzene ring substituents is 1. The van der Waals surface area contributed by atoms with Gasteiger partial charge in [0.2, 0.25) is 0 Å². The fourth-order valence-electron chi connectivity index (χ4n) is 1.51. The van der Waals surface area contributed by atoms with E-state index < -0.39 is 16.6 Å². The number of amides is 1. The number of rotatable bonds is 4. The van der Waals surface area contributed by atoms with Crippen molar-refractivity contribution in [2.24, 2.45) is 0 Å². The summed E-state index contributed by atoms with van der Waals surface area (Å²) in [6, 6.07) is 6.51. The molecule has 1 aromatic carbocycles. The number of hydrogen-bond acceptors (Lipinski definition) is 4. The molecule has 1 N–H and O–H groups in total. The summed E-state index contributed by atoms with van der Waals surface area (Å²) in [5.41, 5.74) is -0.662. The number of non-ortho nitro benzene ring substituents is 1. The molecule has 1 amide bonds. The topological polar surface area (TPSA) is 72.2 Å². The first kappa shape index (κ1) is 14.6. The Morgan fingerprint density at radius 3 is 2.75 bits per heavy atom. The van der Waals surface area contributed by atoms with Crippen LogP contribution in [0.2, 0.25) is 0 Å². The Morgan fingerprint density at radius 1 is 1.40 bits per heavy atom. The van der Waals surface area contributed by atoms with Gasteiger partial charge in [-0.15, -0.1) is 11.3 Å². The maximum Gasteiger partial charge on any atom is 0.270 e. The van der Waals surface area contributed by atoms with Crippen LogP contribution in [0.4, 0.5) is 10.1 Å². The molecule has 0 aliphatic heterocycles. The van der Waals surface area contributed by atoms with Gasteiger partial charge in [0.15, 0.2) is 0 Å². The zero-order valence-corrected chi connectivity index (χ0v) is 12.3. The molecule has 0 radical (unpaired) electrons. The van der Waals surface area contributed by atoms with E-state index in [9.17, 15) is 19.3 Å². The number of nitrogens with one attached hydrogen (secondary N) is 1. The van der Waals surface area contributed by atoms with E-state index in [1.165, 1.54) is 11.3 Å². The van der Waals surface area contributed by atoms with E-state index in [0.717, 1.165) is 26.9 Å². The second-order valence-electron chi connectivity index (χ2n) is 3.81. The highest BCUT2D eigenvalue weighted by molar-refractivity contribution is 9.11. The van der Waals surface area contributed by atoms with E-state index in [4.69, 9.17) is 0 Å². The molecule has 0 saturated carbocycles. The van der Waals surface area contributed by atoms with Crippen LogP contribution in [-0.2, 0) is 6.54 Å². The summed E-state index contributed by atoms with van der Waals surface area (Å²) >= 11 is 4.73. The summed E-state index contributed by atoms with van der Waals surface area (Å²) in [7, 11) is 0. The van der Waals surface area contributed by atoms with Gasteiger partial charge in [-0.25, -0.2) is 4.39 Å². The predicted molar refractivity (Wildman–Crippen MR) is 76.2 cm³/mol. The Kier molecular flexibility index (Phi) is 4.46. The fraction of sp³-hybridized carbons (Fsp3) is 0.0833. The van der Waals surface area contributed by atoms with Gasteiger partial charge in [0.1, 0.15) is 5.82 Å². The van der Waals surface area contributed by atoms with Gasteiger partial charge in [-0.3, -0.25) is 14.9 Å². The Bertz CT molecular complexity index is 674. The van der Waals surface area contributed by atoms with Gasteiger partial charge >= 0.3 is 0 Å². The van der Waals surface area contributed by atoms with Gasteiger partial charge in [-0.1, -0.05) is 0 Å². The maximum atomic E-state index is 13.5. The van der Waals surface area contributed by atoms with E-state index in [-0.39, 0.29) is 17.8 Å². The zero-order chi connectivity index (χ0) is 14.7. The summed E-state index contributed by atoms with van der Waals surface area (Å²) in [5, 5.41) is 13.1. The lowest BCUT2D eigenvalue weighted by molar-refractivity contribution is -0.384. The first-order chi connectivity index (χ1) is 9.47. The van der Waals surface area contributed by atoms with Gasteiger partial charge in [0.25, 0.3) is 11.6 Å². The lowest BCUT2D eigenvalue weighted by Gasteiger charge is -2.04. The molecule has 0 aliphatic rings. The number of nitrogens with zero attached hydrogens (tertiary/aromatic N) is 1. The van der Waals surface area contributed by atoms with Crippen LogP contribution in [0.3, 0.4) is 0 Å². The van der Waals surface area contributed by atoms with E-state index in [0.29, 0.717) is 0 Å². The summed E-state index contributed by atoms with van der Waals surface area (Å²) in [6.07, 6.45) is 0.